The standard InChI is InChI=1S/C11H9BrN2O/c12-10-6-11(14-8-13-10)15-7-9-4-2-1-3-5-9/h1-6,8H,7H2. The van der Waals surface area contributed by atoms with E-state index in [9.17, 15) is 0 Å². The number of ether oxygens (including phenoxy) is 1. The van der Waals surface area contributed by atoms with Crippen LogP contribution in [-0.4, -0.2) is 9.97 Å². The second-order valence-electron chi connectivity index (χ2n) is 2.95. The molecule has 0 fully saturated rings. The first-order valence-electron chi connectivity index (χ1n) is 4.49. The first-order chi connectivity index (χ1) is 7.34. The first-order valence-corrected chi connectivity index (χ1v) is 5.28. The van der Waals surface area contributed by atoms with Gasteiger partial charge in [0.05, 0.1) is 0 Å². The fraction of sp³-hybridized carbons (Fsp3) is 0.0909. The van der Waals surface area contributed by atoms with Crippen LogP contribution in [0.5, 0.6) is 5.88 Å². The summed E-state index contributed by atoms with van der Waals surface area (Å²) in [6.45, 7) is 0.518. The molecule has 0 aliphatic heterocycles. The van der Waals surface area contributed by atoms with Gasteiger partial charge in [-0.25, -0.2) is 9.97 Å². The van der Waals surface area contributed by atoms with Gasteiger partial charge < -0.3 is 4.74 Å². The van der Waals surface area contributed by atoms with Gasteiger partial charge in [-0.15, -0.1) is 0 Å². The van der Waals surface area contributed by atoms with Crippen LogP contribution in [0.15, 0.2) is 47.3 Å². The average Bonchev–Trinajstić information content (AvgIpc) is 2.28. The quantitative estimate of drug-likeness (QED) is 0.800. The summed E-state index contributed by atoms with van der Waals surface area (Å²) in [4.78, 5) is 7.91. The van der Waals surface area contributed by atoms with Crippen molar-refractivity contribution >= 4 is 15.9 Å². The van der Waals surface area contributed by atoms with Gasteiger partial charge in [-0.2, -0.15) is 0 Å². The van der Waals surface area contributed by atoms with Crippen molar-refractivity contribution in [1.82, 2.24) is 9.97 Å². The van der Waals surface area contributed by atoms with E-state index in [0.29, 0.717) is 12.5 Å². The van der Waals surface area contributed by atoms with Crippen LogP contribution >= 0.6 is 15.9 Å². The molecule has 0 bridgehead atoms. The van der Waals surface area contributed by atoms with Crippen molar-refractivity contribution in [2.45, 2.75) is 6.61 Å². The molecule has 0 N–H and O–H groups in total. The normalized spacial score (nSPS) is 9.93. The second kappa shape index (κ2) is 4.89. The van der Waals surface area contributed by atoms with E-state index in [2.05, 4.69) is 25.9 Å². The Morgan fingerprint density at radius 2 is 1.93 bits per heavy atom. The van der Waals surface area contributed by atoms with Gasteiger partial charge in [0.15, 0.2) is 0 Å². The fourth-order valence-electron chi connectivity index (χ4n) is 1.13. The van der Waals surface area contributed by atoms with E-state index >= 15 is 0 Å². The number of rotatable bonds is 3. The van der Waals surface area contributed by atoms with Crippen LogP contribution in [0.3, 0.4) is 0 Å². The van der Waals surface area contributed by atoms with Gasteiger partial charge in [0.25, 0.3) is 0 Å². The SMILES string of the molecule is Brc1cc(OCc2ccccc2)ncn1. The van der Waals surface area contributed by atoms with Crippen LogP contribution in [0.1, 0.15) is 5.56 Å². The second-order valence-corrected chi connectivity index (χ2v) is 3.77. The lowest BCUT2D eigenvalue weighted by molar-refractivity contribution is 0.293. The number of hydrogen-bond acceptors (Lipinski definition) is 3. The van der Waals surface area contributed by atoms with Crippen LogP contribution in [0.2, 0.25) is 0 Å². The molecule has 0 amide bonds. The monoisotopic (exact) mass is 264 g/mol. The van der Waals surface area contributed by atoms with E-state index in [-0.39, 0.29) is 0 Å². The maximum Gasteiger partial charge on any atom is 0.217 e. The van der Waals surface area contributed by atoms with Crippen molar-refractivity contribution in [3.05, 3.63) is 52.9 Å². The van der Waals surface area contributed by atoms with Gasteiger partial charge >= 0.3 is 0 Å². The number of benzene rings is 1. The lowest BCUT2D eigenvalue weighted by Crippen LogP contribution is -1.97. The minimum atomic E-state index is 0.518. The van der Waals surface area contributed by atoms with Gasteiger partial charge in [0.1, 0.15) is 17.5 Å². The summed E-state index contributed by atoms with van der Waals surface area (Å²) >= 11 is 3.26. The van der Waals surface area contributed by atoms with Gasteiger partial charge in [-0.1, -0.05) is 30.3 Å². The molecular weight excluding hydrogens is 256 g/mol. The highest BCUT2D eigenvalue weighted by Crippen LogP contribution is 2.13. The smallest absolute Gasteiger partial charge is 0.217 e. The molecule has 1 heterocycles. The lowest BCUT2D eigenvalue weighted by Gasteiger charge is -2.04. The van der Waals surface area contributed by atoms with E-state index in [4.69, 9.17) is 4.74 Å². The molecule has 0 aliphatic carbocycles. The predicted molar refractivity (Wildman–Crippen MR) is 60.5 cm³/mol. The van der Waals surface area contributed by atoms with Crippen LogP contribution in [0.4, 0.5) is 0 Å². The number of nitrogens with zero attached hydrogens (tertiary/aromatic N) is 2. The van der Waals surface area contributed by atoms with E-state index in [1.807, 2.05) is 30.3 Å². The number of hydrogen-bond donors (Lipinski definition) is 0. The van der Waals surface area contributed by atoms with E-state index in [1.165, 1.54) is 6.33 Å². The summed E-state index contributed by atoms with van der Waals surface area (Å²) in [5, 5.41) is 0. The highest BCUT2D eigenvalue weighted by atomic mass is 79.9. The minimum absolute atomic E-state index is 0.518. The Morgan fingerprint density at radius 3 is 2.67 bits per heavy atom. The lowest BCUT2D eigenvalue weighted by atomic mass is 10.2. The molecule has 76 valence electrons. The molecule has 0 atom stereocenters. The Kier molecular flexibility index (Phi) is 3.29. The Balaban J connectivity index is 1.99. The summed E-state index contributed by atoms with van der Waals surface area (Å²) in [7, 11) is 0. The molecule has 1 aromatic heterocycles. The Labute approximate surface area is 96.3 Å². The third kappa shape index (κ3) is 3.02. The summed E-state index contributed by atoms with van der Waals surface area (Å²) < 4.78 is 6.21. The van der Waals surface area contributed by atoms with Gasteiger partial charge in [-0.05, 0) is 21.5 Å². The van der Waals surface area contributed by atoms with Crippen molar-refractivity contribution in [3.8, 4) is 5.88 Å². The van der Waals surface area contributed by atoms with E-state index < -0.39 is 0 Å². The van der Waals surface area contributed by atoms with Crippen LogP contribution in [0, 0.1) is 0 Å². The highest BCUT2D eigenvalue weighted by Gasteiger charge is 1.97. The third-order valence-electron chi connectivity index (χ3n) is 1.84. The predicted octanol–water partition coefficient (Wildman–Crippen LogP) is 2.82. The average molecular weight is 265 g/mol. The maximum atomic E-state index is 5.49. The molecule has 0 saturated heterocycles. The van der Waals surface area contributed by atoms with Crippen molar-refractivity contribution in [2.24, 2.45) is 0 Å². The zero-order valence-electron chi connectivity index (χ0n) is 7.93. The zero-order valence-corrected chi connectivity index (χ0v) is 9.52. The summed E-state index contributed by atoms with van der Waals surface area (Å²) in [6.07, 6.45) is 1.46. The van der Waals surface area contributed by atoms with Crippen molar-refractivity contribution in [3.63, 3.8) is 0 Å². The largest absolute Gasteiger partial charge is 0.473 e. The summed E-state index contributed by atoms with van der Waals surface area (Å²) in [5.41, 5.74) is 1.12. The first kappa shape index (κ1) is 10.1. The molecule has 0 radical (unpaired) electrons. The van der Waals surface area contributed by atoms with Crippen molar-refractivity contribution in [1.29, 1.82) is 0 Å². The Bertz CT molecular complexity index is 434. The third-order valence-corrected chi connectivity index (χ3v) is 2.27. The molecule has 1 aromatic carbocycles. The fourth-order valence-corrected chi connectivity index (χ4v) is 1.42. The molecule has 0 saturated carbocycles. The summed E-state index contributed by atoms with van der Waals surface area (Å²) in [5.74, 6) is 0.570. The van der Waals surface area contributed by atoms with E-state index in [1.54, 1.807) is 6.07 Å². The van der Waals surface area contributed by atoms with Crippen LogP contribution in [-0.2, 0) is 6.61 Å². The minimum Gasteiger partial charge on any atom is -0.473 e. The Morgan fingerprint density at radius 1 is 1.13 bits per heavy atom. The molecule has 2 rings (SSSR count). The van der Waals surface area contributed by atoms with Crippen molar-refractivity contribution in [2.75, 3.05) is 0 Å². The molecule has 15 heavy (non-hydrogen) atoms. The zero-order chi connectivity index (χ0) is 10.5. The highest BCUT2D eigenvalue weighted by molar-refractivity contribution is 9.10. The number of aromatic nitrogens is 2. The van der Waals surface area contributed by atoms with Crippen LogP contribution in [0.25, 0.3) is 0 Å². The van der Waals surface area contributed by atoms with Gasteiger partial charge in [0, 0.05) is 6.07 Å². The molecular formula is C11H9BrN2O. The molecule has 0 spiro atoms. The molecule has 0 aliphatic rings. The Hall–Kier alpha value is -1.42. The van der Waals surface area contributed by atoms with Crippen molar-refractivity contribution < 1.29 is 4.74 Å². The van der Waals surface area contributed by atoms with Gasteiger partial charge in [0.2, 0.25) is 5.88 Å². The molecule has 2 aromatic rings. The van der Waals surface area contributed by atoms with E-state index in [0.717, 1.165) is 10.2 Å². The molecule has 4 heteroatoms. The molecule has 3 nitrogen and oxygen atoms in total. The topological polar surface area (TPSA) is 35.0 Å². The molecule has 0 unspecified atom stereocenters. The maximum absolute atomic E-state index is 5.49. The van der Waals surface area contributed by atoms with Crippen LogP contribution < -0.4 is 4.74 Å². The van der Waals surface area contributed by atoms with Gasteiger partial charge in [-0.3, -0.25) is 0 Å². The summed E-state index contributed by atoms with van der Waals surface area (Å²) in [6, 6.07) is 11.7. The number of halogens is 1.